The first-order valence-corrected chi connectivity index (χ1v) is 6.64. The molecule has 2 aromatic rings. The smallest absolute Gasteiger partial charge is 0.337 e. The fourth-order valence-corrected chi connectivity index (χ4v) is 2.18. The lowest BCUT2D eigenvalue weighted by Gasteiger charge is -2.07. The monoisotopic (exact) mass is 338 g/mol. The quantitative estimate of drug-likeness (QED) is 0.791. The molecule has 0 aliphatic rings. The Labute approximate surface area is 124 Å². The van der Waals surface area contributed by atoms with Gasteiger partial charge in [0.25, 0.3) is 0 Å². The fourth-order valence-electron chi connectivity index (χ4n) is 1.67. The minimum atomic E-state index is -0.398. The highest BCUT2D eigenvalue weighted by Gasteiger charge is 2.05. The SMILES string of the molecule is COC(=O)c1ccc(OCc2cc(F)cc(Br)c2)cc1. The average Bonchev–Trinajstić information content (AvgIpc) is 2.44. The molecule has 20 heavy (non-hydrogen) atoms. The summed E-state index contributed by atoms with van der Waals surface area (Å²) in [7, 11) is 1.33. The first-order chi connectivity index (χ1) is 9.58. The Morgan fingerprint density at radius 1 is 1.20 bits per heavy atom. The maximum Gasteiger partial charge on any atom is 0.337 e. The lowest BCUT2D eigenvalue weighted by atomic mass is 10.2. The van der Waals surface area contributed by atoms with Crippen LogP contribution >= 0.6 is 15.9 Å². The summed E-state index contributed by atoms with van der Waals surface area (Å²) in [5.74, 6) is -0.123. The molecule has 104 valence electrons. The van der Waals surface area contributed by atoms with Crippen LogP contribution in [0.25, 0.3) is 0 Å². The van der Waals surface area contributed by atoms with Gasteiger partial charge in [-0.05, 0) is 48.0 Å². The minimum absolute atomic E-state index is 0.244. The normalized spacial score (nSPS) is 10.2. The minimum Gasteiger partial charge on any atom is -0.489 e. The number of halogens is 2. The molecule has 2 rings (SSSR count). The van der Waals surface area contributed by atoms with E-state index in [0.717, 1.165) is 0 Å². The van der Waals surface area contributed by atoms with Crippen LogP contribution in [0, 0.1) is 5.82 Å². The van der Waals surface area contributed by atoms with E-state index in [1.807, 2.05) is 0 Å². The van der Waals surface area contributed by atoms with E-state index in [-0.39, 0.29) is 12.4 Å². The van der Waals surface area contributed by atoms with Crippen molar-refractivity contribution < 1.29 is 18.7 Å². The van der Waals surface area contributed by atoms with Crippen molar-refractivity contribution in [2.24, 2.45) is 0 Å². The van der Waals surface area contributed by atoms with Gasteiger partial charge in [-0.2, -0.15) is 0 Å². The van der Waals surface area contributed by atoms with E-state index >= 15 is 0 Å². The zero-order valence-electron chi connectivity index (χ0n) is 10.7. The Balaban J connectivity index is 2.02. The maximum atomic E-state index is 13.2. The van der Waals surface area contributed by atoms with E-state index < -0.39 is 5.97 Å². The molecule has 0 fully saturated rings. The average molecular weight is 339 g/mol. The Morgan fingerprint density at radius 3 is 2.50 bits per heavy atom. The van der Waals surface area contributed by atoms with Gasteiger partial charge in [0.2, 0.25) is 0 Å². The van der Waals surface area contributed by atoms with Gasteiger partial charge in [-0.1, -0.05) is 15.9 Å². The van der Waals surface area contributed by atoms with E-state index in [1.165, 1.54) is 19.2 Å². The first-order valence-electron chi connectivity index (χ1n) is 5.84. The molecule has 0 atom stereocenters. The highest BCUT2D eigenvalue weighted by atomic mass is 79.9. The third-order valence-electron chi connectivity index (χ3n) is 2.60. The van der Waals surface area contributed by atoms with Crippen LogP contribution in [0.4, 0.5) is 4.39 Å². The van der Waals surface area contributed by atoms with Crippen LogP contribution in [0.3, 0.4) is 0 Å². The van der Waals surface area contributed by atoms with E-state index in [4.69, 9.17) is 4.74 Å². The molecule has 0 N–H and O–H groups in total. The summed E-state index contributed by atoms with van der Waals surface area (Å²) < 4.78 is 24.0. The summed E-state index contributed by atoms with van der Waals surface area (Å²) >= 11 is 3.23. The molecule has 0 heterocycles. The maximum absolute atomic E-state index is 13.2. The molecule has 0 bridgehead atoms. The second-order valence-electron chi connectivity index (χ2n) is 4.08. The van der Waals surface area contributed by atoms with Crippen LogP contribution < -0.4 is 4.74 Å². The number of benzene rings is 2. The summed E-state index contributed by atoms with van der Waals surface area (Å²) in [6, 6.07) is 11.1. The molecule has 0 aromatic heterocycles. The third-order valence-corrected chi connectivity index (χ3v) is 3.06. The largest absolute Gasteiger partial charge is 0.489 e. The number of methoxy groups -OCH3 is 1. The van der Waals surface area contributed by atoms with Gasteiger partial charge in [0.1, 0.15) is 18.2 Å². The molecule has 0 saturated heterocycles. The van der Waals surface area contributed by atoms with Crippen LogP contribution in [0.1, 0.15) is 15.9 Å². The molecule has 0 amide bonds. The number of hydrogen-bond acceptors (Lipinski definition) is 3. The lowest BCUT2D eigenvalue weighted by Crippen LogP contribution is -2.01. The Morgan fingerprint density at radius 2 is 1.90 bits per heavy atom. The molecule has 0 spiro atoms. The lowest BCUT2D eigenvalue weighted by molar-refractivity contribution is 0.0600. The number of rotatable bonds is 4. The summed E-state index contributed by atoms with van der Waals surface area (Å²) in [5.41, 5.74) is 1.17. The standard InChI is InChI=1S/C15H12BrFO3/c1-19-15(18)11-2-4-14(5-3-11)20-9-10-6-12(16)8-13(17)7-10/h2-8H,9H2,1H3. The van der Waals surface area contributed by atoms with Crippen LogP contribution in [-0.4, -0.2) is 13.1 Å². The first kappa shape index (κ1) is 14.5. The van der Waals surface area contributed by atoms with Gasteiger partial charge < -0.3 is 9.47 Å². The van der Waals surface area contributed by atoms with Crippen LogP contribution in [0.15, 0.2) is 46.9 Å². The molecule has 5 heteroatoms. The van der Waals surface area contributed by atoms with Gasteiger partial charge in [0, 0.05) is 4.47 Å². The molecule has 3 nitrogen and oxygen atoms in total. The van der Waals surface area contributed by atoms with E-state index in [2.05, 4.69) is 20.7 Å². The zero-order chi connectivity index (χ0) is 14.5. The predicted octanol–water partition coefficient (Wildman–Crippen LogP) is 3.95. The number of carbonyl (C=O) groups is 1. The highest BCUT2D eigenvalue weighted by Crippen LogP contribution is 2.18. The zero-order valence-corrected chi connectivity index (χ0v) is 12.3. The molecule has 0 radical (unpaired) electrons. The molecule has 0 saturated carbocycles. The Kier molecular flexibility index (Phi) is 4.74. The van der Waals surface area contributed by atoms with Gasteiger partial charge in [0.05, 0.1) is 12.7 Å². The molecular weight excluding hydrogens is 327 g/mol. The van der Waals surface area contributed by atoms with E-state index in [9.17, 15) is 9.18 Å². The molecule has 0 aliphatic heterocycles. The molecule has 0 aliphatic carbocycles. The van der Waals surface area contributed by atoms with Crippen molar-refractivity contribution in [3.8, 4) is 5.75 Å². The van der Waals surface area contributed by atoms with Crippen LogP contribution in [0.2, 0.25) is 0 Å². The van der Waals surface area contributed by atoms with Gasteiger partial charge in [-0.3, -0.25) is 0 Å². The Hall–Kier alpha value is -1.88. The van der Waals surface area contributed by atoms with Crippen molar-refractivity contribution in [2.75, 3.05) is 7.11 Å². The van der Waals surface area contributed by atoms with Gasteiger partial charge >= 0.3 is 5.97 Å². The van der Waals surface area contributed by atoms with Crippen molar-refractivity contribution in [2.45, 2.75) is 6.61 Å². The number of esters is 1. The molecule has 2 aromatic carbocycles. The van der Waals surface area contributed by atoms with Crippen molar-refractivity contribution >= 4 is 21.9 Å². The topological polar surface area (TPSA) is 35.5 Å². The summed E-state index contributed by atoms with van der Waals surface area (Å²) in [6.07, 6.45) is 0. The molecule has 0 unspecified atom stereocenters. The number of carbonyl (C=O) groups excluding carboxylic acids is 1. The van der Waals surface area contributed by atoms with Gasteiger partial charge in [-0.15, -0.1) is 0 Å². The Bertz CT molecular complexity index is 591. The van der Waals surface area contributed by atoms with Gasteiger partial charge in [0.15, 0.2) is 0 Å². The summed E-state index contributed by atoms with van der Waals surface area (Å²) in [5, 5.41) is 0. The fraction of sp³-hybridized carbons (Fsp3) is 0.133. The van der Waals surface area contributed by atoms with E-state index in [1.54, 1.807) is 30.3 Å². The van der Waals surface area contributed by atoms with Gasteiger partial charge in [-0.25, -0.2) is 9.18 Å². The number of ether oxygens (including phenoxy) is 2. The molecular formula is C15H12BrFO3. The second-order valence-corrected chi connectivity index (χ2v) is 5.00. The predicted molar refractivity (Wildman–Crippen MR) is 76.2 cm³/mol. The van der Waals surface area contributed by atoms with E-state index in [0.29, 0.717) is 21.3 Å². The van der Waals surface area contributed by atoms with Crippen molar-refractivity contribution in [1.82, 2.24) is 0 Å². The van der Waals surface area contributed by atoms with Crippen LogP contribution in [0.5, 0.6) is 5.75 Å². The number of hydrogen-bond donors (Lipinski definition) is 0. The summed E-state index contributed by atoms with van der Waals surface area (Å²) in [4.78, 5) is 11.3. The van der Waals surface area contributed by atoms with Crippen LogP contribution in [-0.2, 0) is 11.3 Å². The van der Waals surface area contributed by atoms with Crippen molar-refractivity contribution in [3.63, 3.8) is 0 Å². The second kappa shape index (κ2) is 6.52. The third kappa shape index (κ3) is 3.81. The van der Waals surface area contributed by atoms with Crippen molar-refractivity contribution in [3.05, 3.63) is 63.9 Å². The van der Waals surface area contributed by atoms with Crippen molar-refractivity contribution in [1.29, 1.82) is 0 Å². The highest BCUT2D eigenvalue weighted by molar-refractivity contribution is 9.10. The summed E-state index contributed by atoms with van der Waals surface area (Å²) in [6.45, 7) is 0.244.